The van der Waals surface area contributed by atoms with Crippen LogP contribution in [-0.2, 0) is 11.8 Å². The lowest BCUT2D eigenvalue weighted by molar-refractivity contribution is 0.515. The number of nitrogens with zero attached hydrogens (tertiary/aromatic N) is 1. The van der Waals surface area contributed by atoms with Gasteiger partial charge >= 0.3 is 0 Å². The Kier molecular flexibility index (Phi) is 1.72. The van der Waals surface area contributed by atoms with Crippen molar-refractivity contribution < 1.29 is 0 Å². The number of H-pyrrole nitrogens is 1. The zero-order chi connectivity index (χ0) is 10.6. The molecule has 1 saturated carbocycles. The third-order valence-corrected chi connectivity index (χ3v) is 3.97. The standard InChI is InChI=1S/C11H19N3/c1-5-7-8(13-14-9(7)12)11(4)6-10(11,2)3/h5-6H2,1-4H3,(H3,12,13,14). The van der Waals surface area contributed by atoms with Gasteiger partial charge in [0.2, 0.25) is 0 Å². The maximum absolute atomic E-state index is 5.82. The van der Waals surface area contributed by atoms with Gasteiger partial charge in [-0.2, -0.15) is 5.10 Å². The summed E-state index contributed by atoms with van der Waals surface area (Å²) < 4.78 is 0. The van der Waals surface area contributed by atoms with Crippen LogP contribution in [0.3, 0.4) is 0 Å². The molecule has 1 fully saturated rings. The predicted molar refractivity (Wildman–Crippen MR) is 58.1 cm³/mol. The van der Waals surface area contributed by atoms with Crippen LogP contribution in [0.25, 0.3) is 0 Å². The molecule has 1 atom stereocenters. The second kappa shape index (κ2) is 2.53. The minimum Gasteiger partial charge on any atom is -0.382 e. The molecule has 3 nitrogen and oxygen atoms in total. The van der Waals surface area contributed by atoms with Crippen LogP contribution < -0.4 is 5.73 Å². The number of nitrogens with one attached hydrogen (secondary N) is 1. The molecule has 0 saturated heterocycles. The van der Waals surface area contributed by atoms with E-state index in [1.807, 2.05) is 0 Å². The molecule has 1 aromatic heterocycles. The first-order chi connectivity index (χ1) is 6.42. The molecule has 0 spiro atoms. The minimum atomic E-state index is 0.253. The number of aromatic nitrogens is 2. The number of nitrogen functional groups attached to an aromatic ring is 1. The fourth-order valence-electron chi connectivity index (χ4n) is 2.46. The third kappa shape index (κ3) is 1.01. The summed E-state index contributed by atoms with van der Waals surface area (Å²) in [5, 5.41) is 7.22. The highest BCUT2D eigenvalue weighted by Crippen LogP contribution is 2.64. The zero-order valence-corrected chi connectivity index (χ0v) is 9.44. The smallest absolute Gasteiger partial charge is 0.148 e. The van der Waals surface area contributed by atoms with Crippen LogP contribution in [0.5, 0.6) is 0 Å². The summed E-state index contributed by atoms with van der Waals surface area (Å²) in [6.45, 7) is 9.01. The lowest BCUT2D eigenvalue weighted by Gasteiger charge is -2.14. The fraction of sp³-hybridized carbons (Fsp3) is 0.727. The van der Waals surface area contributed by atoms with Gasteiger partial charge in [-0.15, -0.1) is 0 Å². The van der Waals surface area contributed by atoms with Crippen molar-refractivity contribution in [3.05, 3.63) is 11.3 Å². The van der Waals surface area contributed by atoms with Crippen LogP contribution in [0.1, 0.15) is 45.4 Å². The van der Waals surface area contributed by atoms with Crippen molar-refractivity contribution in [3.8, 4) is 0 Å². The highest BCUT2D eigenvalue weighted by molar-refractivity contribution is 5.48. The Morgan fingerprint density at radius 2 is 2.00 bits per heavy atom. The Morgan fingerprint density at radius 3 is 2.43 bits per heavy atom. The number of anilines is 1. The summed E-state index contributed by atoms with van der Waals surface area (Å²) in [5.41, 5.74) is 8.92. The number of hydrogen-bond acceptors (Lipinski definition) is 2. The minimum absolute atomic E-state index is 0.253. The Bertz CT molecular complexity index is 365. The van der Waals surface area contributed by atoms with E-state index in [0.29, 0.717) is 11.2 Å². The maximum atomic E-state index is 5.82. The second-order valence-electron chi connectivity index (χ2n) is 5.21. The van der Waals surface area contributed by atoms with E-state index in [9.17, 15) is 0 Å². The van der Waals surface area contributed by atoms with E-state index in [4.69, 9.17) is 5.73 Å². The van der Waals surface area contributed by atoms with E-state index in [0.717, 1.165) is 6.42 Å². The van der Waals surface area contributed by atoms with E-state index in [-0.39, 0.29) is 5.41 Å². The largest absolute Gasteiger partial charge is 0.382 e. The first kappa shape index (κ1) is 9.56. The van der Waals surface area contributed by atoms with Gasteiger partial charge in [0.15, 0.2) is 0 Å². The topological polar surface area (TPSA) is 54.7 Å². The molecule has 0 aliphatic heterocycles. The highest BCUT2D eigenvalue weighted by Gasteiger charge is 2.60. The second-order valence-corrected chi connectivity index (χ2v) is 5.21. The van der Waals surface area contributed by atoms with Gasteiger partial charge in [0.1, 0.15) is 5.82 Å². The molecule has 3 heteroatoms. The van der Waals surface area contributed by atoms with Crippen LogP contribution in [0.2, 0.25) is 0 Å². The van der Waals surface area contributed by atoms with Crippen LogP contribution in [0.15, 0.2) is 0 Å². The first-order valence-electron chi connectivity index (χ1n) is 5.25. The average molecular weight is 193 g/mol. The summed E-state index contributed by atoms with van der Waals surface area (Å²) in [4.78, 5) is 0. The van der Waals surface area contributed by atoms with Crippen molar-refractivity contribution in [2.45, 2.75) is 46.0 Å². The van der Waals surface area contributed by atoms with Crippen LogP contribution in [0, 0.1) is 5.41 Å². The Morgan fingerprint density at radius 1 is 1.43 bits per heavy atom. The Hall–Kier alpha value is -0.990. The predicted octanol–water partition coefficient (Wildman–Crippen LogP) is 2.24. The molecule has 0 radical (unpaired) electrons. The van der Waals surface area contributed by atoms with Crippen LogP contribution >= 0.6 is 0 Å². The molecule has 3 N–H and O–H groups in total. The third-order valence-electron chi connectivity index (χ3n) is 3.97. The highest BCUT2D eigenvalue weighted by atomic mass is 15.2. The molecule has 1 heterocycles. The van der Waals surface area contributed by atoms with E-state index in [2.05, 4.69) is 37.9 Å². The molecule has 78 valence electrons. The van der Waals surface area contributed by atoms with Gasteiger partial charge in [-0.05, 0) is 18.3 Å². The lowest BCUT2D eigenvalue weighted by Crippen LogP contribution is -2.12. The molecular formula is C11H19N3. The van der Waals surface area contributed by atoms with Crippen molar-refractivity contribution in [1.29, 1.82) is 0 Å². The Balaban J connectivity index is 2.44. The monoisotopic (exact) mass is 193 g/mol. The van der Waals surface area contributed by atoms with Crippen LogP contribution in [-0.4, -0.2) is 10.2 Å². The van der Waals surface area contributed by atoms with E-state index in [1.165, 1.54) is 17.7 Å². The molecule has 1 aliphatic rings. The normalized spacial score (nSPS) is 29.1. The van der Waals surface area contributed by atoms with E-state index >= 15 is 0 Å². The van der Waals surface area contributed by atoms with Crippen LogP contribution in [0.4, 0.5) is 5.82 Å². The van der Waals surface area contributed by atoms with Gasteiger partial charge in [-0.3, -0.25) is 5.10 Å². The van der Waals surface area contributed by atoms with Crippen molar-refractivity contribution >= 4 is 5.82 Å². The van der Waals surface area contributed by atoms with E-state index < -0.39 is 0 Å². The van der Waals surface area contributed by atoms with Crippen molar-refractivity contribution in [2.24, 2.45) is 5.41 Å². The summed E-state index contributed by atoms with van der Waals surface area (Å²) in [6, 6.07) is 0. The number of nitrogens with two attached hydrogens (primary N) is 1. The SMILES string of the molecule is CCc1c(N)n[nH]c1C1(C)CC1(C)C. The molecule has 1 unspecified atom stereocenters. The zero-order valence-electron chi connectivity index (χ0n) is 9.44. The fourth-order valence-corrected chi connectivity index (χ4v) is 2.46. The van der Waals surface area contributed by atoms with Gasteiger partial charge in [0.05, 0.1) is 0 Å². The van der Waals surface area contributed by atoms with Crippen molar-refractivity contribution in [3.63, 3.8) is 0 Å². The van der Waals surface area contributed by atoms with Gasteiger partial charge in [0, 0.05) is 16.7 Å². The number of aromatic amines is 1. The first-order valence-corrected chi connectivity index (χ1v) is 5.25. The molecule has 2 rings (SSSR count). The van der Waals surface area contributed by atoms with Gasteiger partial charge in [0.25, 0.3) is 0 Å². The van der Waals surface area contributed by atoms with Gasteiger partial charge in [-0.1, -0.05) is 27.7 Å². The molecule has 1 aliphatic carbocycles. The number of hydrogen-bond donors (Lipinski definition) is 2. The molecule has 0 aromatic carbocycles. The summed E-state index contributed by atoms with van der Waals surface area (Å²) in [7, 11) is 0. The van der Waals surface area contributed by atoms with Gasteiger partial charge < -0.3 is 5.73 Å². The Labute approximate surface area is 85.1 Å². The molecular weight excluding hydrogens is 174 g/mol. The maximum Gasteiger partial charge on any atom is 0.148 e. The molecule has 1 aromatic rings. The van der Waals surface area contributed by atoms with Crippen molar-refractivity contribution in [1.82, 2.24) is 10.2 Å². The van der Waals surface area contributed by atoms with E-state index in [1.54, 1.807) is 0 Å². The number of rotatable bonds is 2. The van der Waals surface area contributed by atoms with Gasteiger partial charge in [-0.25, -0.2) is 0 Å². The quantitative estimate of drug-likeness (QED) is 0.756. The van der Waals surface area contributed by atoms with Crippen molar-refractivity contribution in [2.75, 3.05) is 5.73 Å². The molecule has 0 bridgehead atoms. The summed E-state index contributed by atoms with van der Waals surface area (Å²) in [6.07, 6.45) is 2.18. The molecule has 14 heavy (non-hydrogen) atoms. The summed E-state index contributed by atoms with van der Waals surface area (Å²) in [5.74, 6) is 0.673. The average Bonchev–Trinajstić information content (AvgIpc) is 2.45. The molecule has 0 amide bonds. The summed E-state index contributed by atoms with van der Waals surface area (Å²) >= 11 is 0. The lowest BCUT2D eigenvalue weighted by atomic mass is 9.91.